The Morgan fingerprint density at radius 2 is 1.70 bits per heavy atom. The molecule has 110 valence electrons. The Morgan fingerprint density at radius 3 is 2.25 bits per heavy atom. The van der Waals surface area contributed by atoms with Crippen molar-refractivity contribution in [1.82, 2.24) is 4.98 Å². The molecule has 0 saturated heterocycles. The van der Waals surface area contributed by atoms with Crippen LogP contribution in [-0.4, -0.2) is 35.2 Å². The number of hydrogen-bond acceptors (Lipinski definition) is 6. The molecule has 0 fully saturated rings. The third kappa shape index (κ3) is 3.69. The predicted octanol–water partition coefficient (Wildman–Crippen LogP) is 2.23. The minimum atomic E-state index is -0.752. The Kier molecular flexibility index (Phi) is 5.96. The van der Waals surface area contributed by atoms with Gasteiger partial charge >= 0.3 is 11.9 Å². The largest absolute Gasteiger partial charge is 0.505 e. The lowest BCUT2D eigenvalue weighted by atomic mass is 10.1. The maximum atomic E-state index is 12.0. The van der Waals surface area contributed by atoms with Crippen LogP contribution in [0.15, 0.2) is 6.20 Å². The molecule has 6 nitrogen and oxygen atoms in total. The summed E-state index contributed by atoms with van der Waals surface area (Å²) in [5, 5.41) is 9.95. The number of pyridine rings is 1. The van der Waals surface area contributed by atoms with Gasteiger partial charge in [0.05, 0.1) is 24.5 Å². The van der Waals surface area contributed by atoms with Gasteiger partial charge < -0.3 is 14.6 Å². The van der Waals surface area contributed by atoms with Crippen molar-refractivity contribution in [2.24, 2.45) is 0 Å². The Hall–Kier alpha value is -2.11. The van der Waals surface area contributed by atoms with Gasteiger partial charge in [0.2, 0.25) is 0 Å². The SMILES string of the molecule is CCCOC(=O)c1cnc(C)c(O)c1C(=O)OCCC. The molecule has 0 bridgehead atoms. The number of aromatic nitrogens is 1. The minimum Gasteiger partial charge on any atom is -0.505 e. The van der Waals surface area contributed by atoms with Crippen LogP contribution >= 0.6 is 0 Å². The molecule has 0 atom stereocenters. The molecule has 6 heteroatoms. The molecule has 0 radical (unpaired) electrons. The molecule has 0 spiro atoms. The molecule has 20 heavy (non-hydrogen) atoms. The summed E-state index contributed by atoms with van der Waals surface area (Å²) in [6.07, 6.45) is 2.52. The highest BCUT2D eigenvalue weighted by molar-refractivity contribution is 6.05. The lowest BCUT2D eigenvalue weighted by Gasteiger charge is -2.11. The maximum absolute atomic E-state index is 12.0. The second kappa shape index (κ2) is 7.47. The quantitative estimate of drug-likeness (QED) is 0.805. The van der Waals surface area contributed by atoms with Gasteiger partial charge in [-0.3, -0.25) is 4.98 Å². The summed E-state index contributed by atoms with van der Waals surface area (Å²) >= 11 is 0. The van der Waals surface area contributed by atoms with Crippen molar-refractivity contribution in [2.75, 3.05) is 13.2 Å². The molecule has 0 aliphatic heterocycles. The van der Waals surface area contributed by atoms with Crippen LogP contribution in [0.5, 0.6) is 5.75 Å². The van der Waals surface area contributed by atoms with Crippen molar-refractivity contribution >= 4 is 11.9 Å². The van der Waals surface area contributed by atoms with Crippen LogP contribution < -0.4 is 0 Å². The normalized spacial score (nSPS) is 10.2. The molecule has 0 aliphatic rings. The fraction of sp³-hybridized carbons (Fsp3) is 0.500. The van der Waals surface area contributed by atoms with Crippen LogP contribution in [0.3, 0.4) is 0 Å². The van der Waals surface area contributed by atoms with Crippen molar-refractivity contribution in [3.05, 3.63) is 23.0 Å². The monoisotopic (exact) mass is 281 g/mol. The smallest absolute Gasteiger partial charge is 0.342 e. The average Bonchev–Trinajstić information content (AvgIpc) is 2.44. The first-order valence-corrected chi connectivity index (χ1v) is 6.55. The number of hydrogen-bond donors (Lipinski definition) is 1. The highest BCUT2D eigenvalue weighted by atomic mass is 16.5. The molecule has 0 aromatic carbocycles. The molecule has 1 heterocycles. The van der Waals surface area contributed by atoms with Gasteiger partial charge in [-0.05, 0) is 19.8 Å². The van der Waals surface area contributed by atoms with E-state index in [0.29, 0.717) is 12.8 Å². The summed E-state index contributed by atoms with van der Waals surface area (Å²) in [6.45, 7) is 5.68. The summed E-state index contributed by atoms with van der Waals surface area (Å²) in [7, 11) is 0. The van der Waals surface area contributed by atoms with E-state index in [0.717, 1.165) is 0 Å². The molecule has 0 aliphatic carbocycles. The zero-order chi connectivity index (χ0) is 15.1. The number of rotatable bonds is 6. The topological polar surface area (TPSA) is 85.7 Å². The van der Waals surface area contributed by atoms with E-state index in [1.807, 2.05) is 13.8 Å². The highest BCUT2D eigenvalue weighted by Gasteiger charge is 2.25. The van der Waals surface area contributed by atoms with Crippen LogP contribution in [0.2, 0.25) is 0 Å². The Labute approximate surface area is 117 Å². The molecule has 1 aromatic rings. The van der Waals surface area contributed by atoms with Gasteiger partial charge in [-0.1, -0.05) is 13.8 Å². The van der Waals surface area contributed by atoms with Gasteiger partial charge in [0.15, 0.2) is 5.75 Å². The van der Waals surface area contributed by atoms with Crippen LogP contribution in [0, 0.1) is 6.92 Å². The number of esters is 2. The number of ether oxygens (including phenoxy) is 2. The molecule has 0 saturated carbocycles. The fourth-order valence-electron chi connectivity index (χ4n) is 1.50. The van der Waals surface area contributed by atoms with E-state index in [4.69, 9.17) is 9.47 Å². The average molecular weight is 281 g/mol. The van der Waals surface area contributed by atoms with Crippen LogP contribution in [0.25, 0.3) is 0 Å². The van der Waals surface area contributed by atoms with E-state index in [-0.39, 0.29) is 35.8 Å². The Bertz CT molecular complexity index is 499. The number of nitrogens with zero attached hydrogens (tertiary/aromatic N) is 1. The summed E-state index contributed by atoms with van der Waals surface area (Å²) in [5.74, 6) is -1.80. The van der Waals surface area contributed by atoms with Crippen LogP contribution in [-0.2, 0) is 9.47 Å². The molecule has 1 rings (SSSR count). The highest BCUT2D eigenvalue weighted by Crippen LogP contribution is 2.25. The van der Waals surface area contributed by atoms with E-state index in [2.05, 4.69) is 4.98 Å². The van der Waals surface area contributed by atoms with Crippen molar-refractivity contribution in [2.45, 2.75) is 33.6 Å². The molecule has 0 amide bonds. The Balaban J connectivity index is 3.14. The standard InChI is InChI=1S/C14H19NO5/c1-4-6-19-13(17)10-8-15-9(3)12(16)11(10)14(18)20-7-5-2/h8,16H,4-7H2,1-3H3. The van der Waals surface area contributed by atoms with E-state index in [1.54, 1.807) is 0 Å². The van der Waals surface area contributed by atoms with Crippen molar-refractivity contribution in [3.8, 4) is 5.75 Å². The number of carbonyl (C=O) groups excluding carboxylic acids is 2. The van der Waals surface area contributed by atoms with E-state index >= 15 is 0 Å². The third-order valence-corrected chi connectivity index (χ3v) is 2.53. The second-order valence-corrected chi connectivity index (χ2v) is 4.25. The molecule has 1 N–H and O–H groups in total. The van der Waals surface area contributed by atoms with Gasteiger partial charge in [-0.25, -0.2) is 9.59 Å². The summed E-state index contributed by atoms with van der Waals surface area (Å²) < 4.78 is 9.94. The Morgan fingerprint density at radius 1 is 1.15 bits per heavy atom. The zero-order valence-corrected chi connectivity index (χ0v) is 11.9. The second-order valence-electron chi connectivity index (χ2n) is 4.25. The summed E-state index contributed by atoms with van der Waals surface area (Å²) in [4.78, 5) is 27.7. The van der Waals surface area contributed by atoms with E-state index in [1.165, 1.54) is 13.1 Å². The summed E-state index contributed by atoms with van der Waals surface area (Å²) in [5.41, 5.74) is -0.0183. The molecule has 1 aromatic heterocycles. The van der Waals surface area contributed by atoms with Gasteiger partial charge in [0.25, 0.3) is 0 Å². The lowest BCUT2D eigenvalue weighted by molar-refractivity contribution is 0.0454. The van der Waals surface area contributed by atoms with Crippen LogP contribution in [0.4, 0.5) is 0 Å². The van der Waals surface area contributed by atoms with Gasteiger partial charge in [-0.15, -0.1) is 0 Å². The first kappa shape index (κ1) is 15.9. The van der Waals surface area contributed by atoms with Gasteiger partial charge in [0, 0.05) is 6.20 Å². The number of aryl methyl sites for hydroxylation is 1. The molecule has 0 unspecified atom stereocenters. The van der Waals surface area contributed by atoms with Crippen molar-refractivity contribution < 1.29 is 24.2 Å². The fourth-order valence-corrected chi connectivity index (χ4v) is 1.50. The molecular weight excluding hydrogens is 262 g/mol. The van der Waals surface area contributed by atoms with Crippen LogP contribution in [0.1, 0.15) is 53.1 Å². The lowest BCUT2D eigenvalue weighted by Crippen LogP contribution is -2.16. The predicted molar refractivity (Wildman–Crippen MR) is 71.8 cm³/mol. The van der Waals surface area contributed by atoms with Gasteiger partial charge in [0.1, 0.15) is 5.56 Å². The van der Waals surface area contributed by atoms with Crippen molar-refractivity contribution in [3.63, 3.8) is 0 Å². The molecular formula is C14H19NO5. The maximum Gasteiger partial charge on any atom is 0.342 e. The van der Waals surface area contributed by atoms with E-state index < -0.39 is 11.9 Å². The third-order valence-electron chi connectivity index (χ3n) is 2.53. The van der Waals surface area contributed by atoms with Gasteiger partial charge in [-0.2, -0.15) is 0 Å². The number of aromatic hydroxyl groups is 1. The zero-order valence-electron chi connectivity index (χ0n) is 11.9. The number of carbonyl (C=O) groups is 2. The first-order chi connectivity index (χ1) is 9.52. The summed E-state index contributed by atoms with van der Waals surface area (Å²) in [6, 6.07) is 0. The van der Waals surface area contributed by atoms with E-state index in [9.17, 15) is 14.7 Å². The van der Waals surface area contributed by atoms with Crippen molar-refractivity contribution in [1.29, 1.82) is 0 Å². The first-order valence-electron chi connectivity index (χ1n) is 6.55. The minimum absolute atomic E-state index is 0.0809.